The van der Waals surface area contributed by atoms with Crippen molar-refractivity contribution in [1.29, 1.82) is 0 Å². The van der Waals surface area contributed by atoms with Gasteiger partial charge in [0.05, 0.1) is 17.4 Å². The zero-order valence-corrected chi connectivity index (χ0v) is 11.7. The van der Waals surface area contributed by atoms with Crippen molar-refractivity contribution < 1.29 is 12.9 Å². The van der Waals surface area contributed by atoms with E-state index in [4.69, 9.17) is 4.52 Å². The Labute approximate surface area is 112 Å². The van der Waals surface area contributed by atoms with Gasteiger partial charge >= 0.3 is 0 Å². The van der Waals surface area contributed by atoms with Crippen molar-refractivity contribution in [1.82, 2.24) is 15.5 Å². The minimum Gasteiger partial charge on any atom is -0.339 e. The number of rotatable bonds is 2. The second-order valence-corrected chi connectivity index (χ2v) is 7.72. The maximum absolute atomic E-state index is 11.6. The molecule has 2 unspecified atom stereocenters. The van der Waals surface area contributed by atoms with Gasteiger partial charge in [-0.15, -0.1) is 0 Å². The lowest BCUT2D eigenvalue weighted by Gasteiger charge is -2.19. The van der Waals surface area contributed by atoms with E-state index in [2.05, 4.69) is 15.5 Å². The Balaban J connectivity index is 1.73. The van der Waals surface area contributed by atoms with Crippen LogP contribution < -0.4 is 5.32 Å². The van der Waals surface area contributed by atoms with Gasteiger partial charge in [-0.3, -0.25) is 0 Å². The van der Waals surface area contributed by atoms with Gasteiger partial charge < -0.3 is 9.84 Å². The summed E-state index contributed by atoms with van der Waals surface area (Å²) in [7, 11) is -2.94. The van der Waals surface area contributed by atoms with Crippen LogP contribution in [0.2, 0.25) is 0 Å². The number of nitrogens with one attached hydrogen (secondary N) is 1. The van der Waals surface area contributed by atoms with Gasteiger partial charge in [-0.25, -0.2) is 8.42 Å². The number of hydrogen-bond acceptors (Lipinski definition) is 6. The Hall–Kier alpha value is -0.950. The summed E-state index contributed by atoms with van der Waals surface area (Å²) < 4.78 is 28.6. The lowest BCUT2D eigenvalue weighted by atomic mass is 9.99. The molecule has 0 aliphatic carbocycles. The van der Waals surface area contributed by atoms with Gasteiger partial charge in [0, 0.05) is 12.5 Å². The van der Waals surface area contributed by atoms with Crippen LogP contribution in [0.25, 0.3) is 0 Å². The molecule has 0 radical (unpaired) electrons. The summed E-state index contributed by atoms with van der Waals surface area (Å²) in [4.78, 5) is 4.44. The Morgan fingerprint density at radius 2 is 2.05 bits per heavy atom. The van der Waals surface area contributed by atoms with E-state index in [-0.39, 0.29) is 17.4 Å². The van der Waals surface area contributed by atoms with E-state index < -0.39 is 9.84 Å². The fourth-order valence-corrected chi connectivity index (χ4v) is 4.56. The molecular weight excluding hydrogens is 266 g/mol. The fourth-order valence-electron chi connectivity index (χ4n) is 2.87. The number of aromatic nitrogens is 2. The van der Waals surface area contributed by atoms with Crippen LogP contribution in [-0.2, 0) is 9.84 Å². The molecule has 19 heavy (non-hydrogen) atoms. The van der Waals surface area contributed by atoms with Crippen molar-refractivity contribution in [2.24, 2.45) is 0 Å². The summed E-state index contributed by atoms with van der Waals surface area (Å²) in [5.41, 5.74) is 0. The lowest BCUT2D eigenvalue weighted by Crippen LogP contribution is -2.29. The van der Waals surface area contributed by atoms with Crippen molar-refractivity contribution in [3.8, 4) is 0 Å². The zero-order chi connectivity index (χ0) is 13.3. The van der Waals surface area contributed by atoms with Crippen LogP contribution in [0.5, 0.6) is 0 Å². The van der Waals surface area contributed by atoms with E-state index in [1.165, 1.54) is 0 Å². The van der Waals surface area contributed by atoms with E-state index in [0.717, 1.165) is 38.2 Å². The zero-order valence-electron chi connectivity index (χ0n) is 10.8. The van der Waals surface area contributed by atoms with Crippen LogP contribution in [0, 0.1) is 0 Å². The monoisotopic (exact) mass is 285 g/mol. The summed E-state index contributed by atoms with van der Waals surface area (Å²) >= 11 is 0. The molecule has 2 aliphatic heterocycles. The number of sulfone groups is 1. The van der Waals surface area contributed by atoms with E-state index in [0.29, 0.717) is 18.2 Å². The first-order chi connectivity index (χ1) is 9.14. The SMILES string of the molecule is O=S1(=O)CCCC(c2nc(C3CCCNC3)no2)C1. The predicted molar refractivity (Wildman–Crippen MR) is 69.8 cm³/mol. The van der Waals surface area contributed by atoms with E-state index in [9.17, 15) is 8.42 Å². The molecule has 1 N–H and O–H groups in total. The van der Waals surface area contributed by atoms with Gasteiger partial charge in [-0.1, -0.05) is 5.16 Å². The van der Waals surface area contributed by atoms with Gasteiger partial charge in [0.15, 0.2) is 15.7 Å². The molecule has 0 spiro atoms. The van der Waals surface area contributed by atoms with Crippen molar-refractivity contribution in [3.63, 3.8) is 0 Å². The highest BCUT2D eigenvalue weighted by Gasteiger charge is 2.31. The smallest absolute Gasteiger partial charge is 0.230 e. The van der Waals surface area contributed by atoms with Gasteiger partial charge in [-0.05, 0) is 32.2 Å². The Bertz CT molecular complexity index is 534. The Kier molecular flexibility index (Phi) is 3.58. The molecular formula is C12H19N3O3S. The molecule has 1 aromatic heterocycles. The van der Waals surface area contributed by atoms with Gasteiger partial charge in [0.2, 0.25) is 5.89 Å². The second kappa shape index (κ2) is 5.20. The van der Waals surface area contributed by atoms with Crippen molar-refractivity contribution in [2.75, 3.05) is 24.6 Å². The van der Waals surface area contributed by atoms with Gasteiger partial charge in [0.25, 0.3) is 0 Å². The molecule has 0 saturated carbocycles. The van der Waals surface area contributed by atoms with Crippen LogP contribution in [-0.4, -0.2) is 43.2 Å². The molecule has 2 fully saturated rings. The summed E-state index contributed by atoms with van der Waals surface area (Å²) in [6.07, 6.45) is 3.70. The predicted octanol–water partition coefficient (Wildman–Crippen LogP) is 0.829. The standard InChI is InChI=1S/C12H19N3O3S/c16-19(17)6-2-4-10(8-19)12-14-11(15-18-12)9-3-1-5-13-7-9/h9-10,13H,1-8H2. The minimum atomic E-state index is -2.94. The first kappa shape index (κ1) is 13.1. The summed E-state index contributed by atoms with van der Waals surface area (Å²) in [6.45, 7) is 1.92. The normalized spacial score (nSPS) is 31.2. The number of nitrogens with zero attached hydrogens (tertiary/aromatic N) is 2. The summed E-state index contributed by atoms with van der Waals surface area (Å²) in [5.74, 6) is 1.85. The van der Waals surface area contributed by atoms with Crippen molar-refractivity contribution >= 4 is 9.84 Å². The third-order valence-corrected chi connectivity index (χ3v) is 5.75. The molecule has 2 atom stereocenters. The highest BCUT2D eigenvalue weighted by Crippen LogP contribution is 2.29. The first-order valence-electron chi connectivity index (χ1n) is 6.89. The Morgan fingerprint density at radius 1 is 1.21 bits per heavy atom. The van der Waals surface area contributed by atoms with E-state index in [1.54, 1.807) is 0 Å². The van der Waals surface area contributed by atoms with Crippen molar-refractivity contribution in [2.45, 2.75) is 37.5 Å². The van der Waals surface area contributed by atoms with Crippen LogP contribution in [0.1, 0.15) is 49.2 Å². The molecule has 7 heteroatoms. The quantitative estimate of drug-likeness (QED) is 0.866. The molecule has 0 bridgehead atoms. The lowest BCUT2D eigenvalue weighted by molar-refractivity contribution is 0.340. The highest BCUT2D eigenvalue weighted by molar-refractivity contribution is 7.91. The average Bonchev–Trinajstić information content (AvgIpc) is 2.88. The highest BCUT2D eigenvalue weighted by atomic mass is 32.2. The molecule has 106 valence electrons. The van der Waals surface area contributed by atoms with Gasteiger partial charge in [-0.2, -0.15) is 4.98 Å². The fraction of sp³-hybridized carbons (Fsp3) is 0.833. The maximum Gasteiger partial charge on any atom is 0.230 e. The topological polar surface area (TPSA) is 85.1 Å². The largest absolute Gasteiger partial charge is 0.339 e. The third-order valence-electron chi connectivity index (χ3n) is 3.93. The second-order valence-electron chi connectivity index (χ2n) is 5.49. The van der Waals surface area contributed by atoms with Gasteiger partial charge in [0.1, 0.15) is 0 Å². The molecule has 6 nitrogen and oxygen atoms in total. The molecule has 1 aromatic rings. The molecule has 2 aliphatic rings. The van der Waals surface area contributed by atoms with Crippen LogP contribution in [0.4, 0.5) is 0 Å². The average molecular weight is 285 g/mol. The molecule has 3 rings (SSSR count). The molecule has 3 heterocycles. The maximum atomic E-state index is 11.6. The summed E-state index contributed by atoms with van der Waals surface area (Å²) in [5, 5.41) is 7.36. The molecule has 2 saturated heterocycles. The van der Waals surface area contributed by atoms with E-state index >= 15 is 0 Å². The van der Waals surface area contributed by atoms with Crippen LogP contribution in [0.3, 0.4) is 0 Å². The van der Waals surface area contributed by atoms with Crippen molar-refractivity contribution in [3.05, 3.63) is 11.7 Å². The molecule has 0 aromatic carbocycles. The molecule has 0 amide bonds. The summed E-state index contributed by atoms with van der Waals surface area (Å²) in [6, 6.07) is 0. The number of hydrogen-bond donors (Lipinski definition) is 1. The first-order valence-corrected chi connectivity index (χ1v) is 8.71. The van der Waals surface area contributed by atoms with Crippen LogP contribution in [0.15, 0.2) is 4.52 Å². The minimum absolute atomic E-state index is 0.114. The third kappa shape index (κ3) is 2.97. The Morgan fingerprint density at radius 3 is 2.79 bits per heavy atom. The number of piperidine rings is 1. The van der Waals surface area contributed by atoms with Crippen LogP contribution >= 0.6 is 0 Å². The van der Waals surface area contributed by atoms with E-state index in [1.807, 2.05) is 0 Å².